The lowest BCUT2D eigenvalue weighted by atomic mass is 9.80. The predicted molar refractivity (Wildman–Crippen MR) is 149 cm³/mol. The maximum Gasteiger partial charge on any atom is 0.264 e. The van der Waals surface area contributed by atoms with Gasteiger partial charge in [0.2, 0.25) is 0 Å². The van der Waals surface area contributed by atoms with Gasteiger partial charge in [0, 0.05) is 5.71 Å². The Morgan fingerprint density at radius 3 is 2.19 bits per heavy atom. The smallest absolute Gasteiger partial charge is 0.264 e. The molecule has 0 bridgehead atoms. The number of hydrazone groups is 1. The Morgan fingerprint density at radius 1 is 0.973 bits per heavy atom. The maximum atomic E-state index is 13.6. The number of aryl methyl sites for hydroxylation is 1. The molecule has 0 fully saturated rings. The van der Waals surface area contributed by atoms with Gasteiger partial charge in [0.1, 0.15) is 12.3 Å². The minimum Gasteiger partial charge on any atom is -0.494 e. The summed E-state index contributed by atoms with van der Waals surface area (Å²) in [5.74, 6) is 0.0751. The average molecular weight is 522 g/mol. The molecule has 0 aliphatic carbocycles. The molecule has 3 aromatic rings. The highest BCUT2D eigenvalue weighted by Gasteiger charge is 2.27. The van der Waals surface area contributed by atoms with E-state index in [9.17, 15) is 13.2 Å². The first kappa shape index (κ1) is 27.9. The third kappa shape index (κ3) is 7.43. The largest absolute Gasteiger partial charge is 0.494 e. The molecular formula is C29H35N3O4S. The predicted octanol–water partition coefficient (Wildman–Crippen LogP) is 5.45. The van der Waals surface area contributed by atoms with Gasteiger partial charge in [-0.1, -0.05) is 61.9 Å². The van der Waals surface area contributed by atoms with Gasteiger partial charge in [-0.05, 0) is 74.6 Å². The van der Waals surface area contributed by atoms with E-state index in [2.05, 4.69) is 36.5 Å². The quantitative estimate of drug-likeness (QED) is 0.269. The maximum absolute atomic E-state index is 13.6. The highest BCUT2D eigenvalue weighted by Crippen LogP contribution is 2.28. The van der Waals surface area contributed by atoms with E-state index in [4.69, 9.17) is 4.74 Å². The number of rotatable bonds is 11. The fraction of sp³-hybridized carbons (Fsp3) is 0.310. The lowest BCUT2D eigenvalue weighted by Crippen LogP contribution is -2.39. The van der Waals surface area contributed by atoms with Crippen molar-refractivity contribution >= 4 is 27.3 Å². The number of carbonyl (C=O) groups is 1. The first-order valence-electron chi connectivity index (χ1n) is 12.2. The van der Waals surface area contributed by atoms with Crippen molar-refractivity contribution in [2.75, 3.05) is 17.5 Å². The number of hydrogen-bond donors (Lipinski definition) is 1. The van der Waals surface area contributed by atoms with Crippen LogP contribution in [0.4, 0.5) is 5.69 Å². The zero-order chi connectivity index (χ0) is 27.1. The molecule has 196 valence electrons. The van der Waals surface area contributed by atoms with Gasteiger partial charge in [0.25, 0.3) is 15.9 Å². The van der Waals surface area contributed by atoms with Crippen LogP contribution in [0.1, 0.15) is 45.2 Å². The molecule has 0 atom stereocenters. The summed E-state index contributed by atoms with van der Waals surface area (Å²) in [4.78, 5) is 13.0. The van der Waals surface area contributed by atoms with Gasteiger partial charge in [0.15, 0.2) is 0 Å². The number of nitrogens with zero attached hydrogens (tertiary/aromatic N) is 2. The topological polar surface area (TPSA) is 88.1 Å². The second kappa shape index (κ2) is 12.1. The van der Waals surface area contributed by atoms with E-state index in [1.165, 1.54) is 17.7 Å². The van der Waals surface area contributed by atoms with Gasteiger partial charge < -0.3 is 4.74 Å². The van der Waals surface area contributed by atoms with Crippen LogP contribution in [0, 0.1) is 6.92 Å². The standard InChI is InChI=1S/C29H35N3O4S/c1-6-36-26-16-14-25(15-17-26)32(37(34,35)27-18-12-22(2)13-19-27)21-28(33)31-30-23(3)20-29(4,5)24-10-8-7-9-11-24/h7-19H,6,20-21H2,1-5H3,(H,31,33)/b30-23-. The summed E-state index contributed by atoms with van der Waals surface area (Å²) in [6.45, 7) is 9.90. The number of amides is 1. The van der Waals surface area contributed by atoms with Crippen LogP contribution in [0.2, 0.25) is 0 Å². The molecule has 0 aliphatic rings. The van der Waals surface area contributed by atoms with Crippen LogP contribution in [0.5, 0.6) is 5.75 Å². The van der Waals surface area contributed by atoms with Gasteiger partial charge in [0.05, 0.1) is 17.2 Å². The molecule has 1 N–H and O–H groups in total. The van der Waals surface area contributed by atoms with E-state index in [-0.39, 0.29) is 10.3 Å². The molecular weight excluding hydrogens is 486 g/mol. The summed E-state index contributed by atoms with van der Waals surface area (Å²) in [7, 11) is -4.01. The lowest BCUT2D eigenvalue weighted by Gasteiger charge is -2.25. The van der Waals surface area contributed by atoms with Crippen molar-refractivity contribution in [2.45, 2.75) is 51.3 Å². The highest BCUT2D eigenvalue weighted by molar-refractivity contribution is 7.92. The van der Waals surface area contributed by atoms with Crippen LogP contribution in [-0.4, -0.2) is 33.2 Å². The molecule has 0 aliphatic heterocycles. The van der Waals surface area contributed by atoms with E-state index in [0.717, 1.165) is 15.6 Å². The summed E-state index contributed by atoms with van der Waals surface area (Å²) < 4.78 is 33.7. The van der Waals surface area contributed by atoms with E-state index in [1.54, 1.807) is 36.4 Å². The third-order valence-corrected chi connectivity index (χ3v) is 7.74. The van der Waals surface area contributed by atoms with Gasteiger partial charge in [-0.3, -0.25) is 9.10 Å². The fourth-order valence-corrected chi connectivity index (χ4v) is 5.44. The van der Waals surface area contributed by atoms with Crippen LogP contribution >= 0.6 is 0 Å². The van der Waals surface area contributed by atoms with Crippen LogP contribution in [0.3, 0.4) is 0 Å². The zero-order valence-electron chi connectivity index (χ0n) is 22.1. The Labute approximate surface area is 220 Å². The highest BCUT2D eigenvalue weighted by atomic mass is 32.2. The van der Waals surface area contributed by atoms with E-state index < -0.39 is 22.5 Å². The number of benzene rings is 3. The van der Waals surface area contributed by atoms with E-state index in [0.29, 0.717) is 24.5 Å². The average Bonchev–Trinajstić information content (AvgIpc) is 2.87. The molecule has 0 saturated carbocycles. The van der Waals surface area contributed by atoms with Gasteiger partial charge in [-0.15, -0.1) is 0 Å². The van der Waals surface area contributed by atoms with Crippen molar-refractivity contribution in [3.8, 4) is 5.75 Å². The second-order valence-electron chi connectivity index (χ2n) is 9.56. The van der Waals surface area contributed by atoms with Gasteiger partial charge in [-0.25, -0.2) is 13.8 Å². The minimum atomic E-state index is -4.01. The molecule has 0 saturated heterocycles. The zero-order valence-corrected chi connectivity index (χ0v) is 22.9. The van der Waals surface area contributed by atoms with E-state index >= 15 is 0 Å². The van der Waals surface area contributed by atoms with Crippen molar-refractivity contribution in [2.24, 2.45) is 5.10 Å². The molecule has 0 spiro atoms. The molecule has 37 heavy (non-hydrogen) atoms. The summed E-state index contributed by atoms with van der Waals surface area (Å²) in [6.07, 6.45) is 0.627. The Balaban J connectivity index is 1.81. The number of carbonyl (C=O) groups excluding carboxylic acids is 1. The molecule has 3 rings (SSSR count). The molecule has 3 aromatic carbocycles. The summed E-state index contributed by atoms with van der Waals surface area (Å²) in [6, 6.07) is 23.2. The minimum absolute atomic E-state index is 0.101. The molecule has 0 radical (unpaired) electrons. The number of hydrogen-bond acceptors (Lipinski definition) is 5. The van der Waals surface area contributed by atoms with Crippen molar-refractivity contribution < 1.29 is 17.9 Å². The van der Waals surface area contributed by atoms with Crippen molar-refractivity contribution in [1.82, 2.24) is 5.43 Å². The molecule has 0 aromatic heterocycles. The van der Waals surface area contributed by atoms with Crippen molar-refractivity contribution in [1.29, 1.82) is 0 Å². The third-order valence-electron chi connectivity index (χ3n) is 5.96. The van der Waals surface area contributed by atoms with Crippen molar-refractivity contribution in [3.05, 3.63) is 90.0 Å². The first-order valence-corrected chi connectivity index (χ1v) is 13.7. The van der Waals surface area contributed by atoms with Crippen LogP contribution in [-0.2, 0) is 20.2 Å². The summed E-state index contributed by atoms with van der Waals surface area (Å²) in [5, 5.41) is 4.26. The Morgan fingerprint density at radius 2 is 1.59 bits per heavy atom. The number of nitrogens with one attached hydrogen (secondary N) is 1. The SMILES string of the molecule is CCOc1ccc(N(CC(=O)N/N=C(/C)CC(C)(C)c2ccccc2)S(=O)(=O)c2ccc(C)cc2)cc1. The fourth-order valence-electron chi connectivity index (χ4n) is 4.02. The Hall–Kier alpha value is -3.65. The molecule has 0 unspecified atom stereocenters. The Bertz CT molecular complexity index is 1320. The number of ether oxygens (including phenoxy) is 1. The summed E-state index contributed by atoms with van der Waals surface area (Å²) in [5.41, 5.74) is 5.55. The Kier molecular flexibility index (Phi) is 9.10. The van der Waals surface area contributed by atoms with Crippen LogP contribution in [0.25, 0.3) is 0 Å². The molecule has 0 heterocycles. The van der Waals surface area contributed by atoms with Crippen LogP contribution in [0.15, 0.2) is 88.9 Å². The number of sulfonamides is 1. The van der Waals surface area contributed by atoms with Gasteiger partial charge in [-0.2, -0.15) is 5.10 Å². The molecule has 8 heteroatoms. The normalized spacial score (nSPS) is 12.2. The first-order chi connectivity index (χ1) is 17.5. The monoisotopic (exact) mass is 521 g/mol. The van der Waals surface area contributed by atoms with Gasteiger partial charge >= 0.3 is 0 Å². The lowest BCUT2D eigenvalue weighted by molar-refractivity contribution is -0.119. The van der Waals surface area contributed by atoms with E-state index in [1.807, 2.05) is 39.0 Å². The van der Waals surface area contributed by atoms with Crippen molar-refractivity contribution in [3.63, 3.8) is 0 Å². The molecule has 7 nitrogen and oxygen atoms in total. The molecule has 1 amide bonds. The second-order valence-corrected chi connectivity index (χ2v) is 11.4. The van der Waals surface area contributed by atoms with Crippen LogP contribution < -0.4 is 14.5 Å². The summed E-state index contributed by atoms with van der Waals surface area (Å²) >= 11 is 0. The number of anilines is 1.